The first-order valence-corrected chi connectivity index (χ1v) is 8.68. The molecule has 1 aromatic rings. The van der Waals surface area contributed by atoms with Crippen LogP contribution in [0.5, 0.6) is 0 Å². The number of aryl methyl sites for hydroxylation is 1. The number of benzene rings is 1. The molecule has 0 amide bonds. The number of sulfonamides is 1. The second-order valence-electron chi connectivity index (χ2n) is 5.35. The SMILES string of the molecule is CCCN(C1CCNC1)S(=O)(=O)c1ccc(C#N)cc1C.Cl. The number of nitrogens with zero attached hydrogens (tertiary/aromatic N) is 2. The van der Waals surface area contributed by atoms with Gasteiger partial charge in [0.05, 0.1) is 16.5 Å². The second-order valence-corrected chi connectivity index (χ2v) is 7.21. The summed E-state index contributed by atoms with van der Waals surface area (Å²) in [5.41, 5.74) is 1.11. The van der Waals surface area contributed by atoms with Crippen LogP contribution in [0.3, 0.4) is 0 Å². The summed E-state index contributed by atoms with van der Waals surface area (Å²) in [4.78, 5) is 0.307. The molecule has 1 aliphatic heterocycles. The highest BCUT2D eigenvalue weighted by atomic mass is 35.5. The van der Waals surface area contributed by atoms with Crippen molar-refractivity contribution in [3.05, 3.63) is 29.3 Å². The lowest BCUT2D eigenvalue weighted by molar-refractivity contribution is 0.335. The van der Waals surface area contributed by atoms with E-state index in [1.165, 1.54) is 0 Å². The van der Waals surface area contributed by atoms with Gasteiger partial charge in [0.15, 0.2) is 0 Å². The van der Waals surface area contributed by atoms with Crippen molar-refractivity contribution in [1.29, 1.82) is 5.26 Å². The van der Waals surface area contributed by atoms with Crippen molar-refractivity contribution >= 4 is 22.4 Å². The predicted molar refractivity (Wildman–Crippen MR) is 88.6 cm³/mol. The number of hydrogen-bond acceptors (Lipinski definition) is 4. The van der Waals surface area contributed by atoms with E-state index in [0.29, 0.717) is 29.1 Å². The Morgan fingerprint density at radius 1 is 1.45 bits per heavy atom. The largest absolute Gasteiger partial charge is 0.315 e. The Kier molecular flexibility index (Phi) is 6.82. The van der Waals surface area contributed by atoms with Gasteiger partial charge in [-0.25, -0.2) is 8.42 Å². The molecule has 5 nitrogen and oxygen atoms in total. The average Bonchev–Trinajstić information content (AvgIpc) is 2.97. The molecule has 1 saturated heterocycles. The van der Waals surface area contributed by atoms with Crippen LogP contribution < -0.4 is 5.32 Å². The molecule has 0 spiro atoms. The summed E-state index contributed by atoms with van der Waals surface area (Å²) in [7, 11) is -3.52. The molecule has 2 rings (SSSR count). The molecule has 0 aliphatic carbocycles. The first-order chi connectivity index (χ1) is 10.0. The summed E-state index contributed by atoms with van der Waals surface area (Å²) < 4.78 is 27.5. The van der Waals surface area contributed by atoms with Gasteiger partial charge in [-0.3, -0.25) is 0 Å². The smallest absolute Gasteiger partial charge is 0.243 e. The van der Waals surface area contributed by atoms with Gasteiger partial charge in [0, 0.05) is 19.1 Å². The van der Waals surface area contributed by atoms with Gasteiger partial charge in [-0.1, -0.05) is 6.92 Å². The van der Waals surface area contributed by atoms with E-state index in [2.05, 4.69) is 5.32 Å². The van der Waals surface area contributed by atoms with E-state index in [-0.39, 0.29) is 18.4 Å². The minimum atomic E-state index is -3.52. The highest BCUT2D eigenvalue weighted by molar-refractivity contribution is 7.89. The van der Waals surface area contributed by atoms with E-state index < -0.39 is 10.0 Å². The van der Waals surface area contributed by atoms with Crippen LogP contribution >= 0.6 is 12.4 Å². The zero-order valence-corrected chi connectivity index (χ0v) is 14.5. The Labute approximate surface area is 138 Å². The van der Waals surface area contributed by atoms with Gasteiger partial charge in [0.1, 0.15) is 0 Å². The van der Waals surface area contributed by atoms with Crippen LogP contribution in [0.15, 0.2) is 23.1 Å². The minimum absolute atomic E-state index is 0. The van der Waals surface area contributed by atoms with Crippen LogP contribution in [-0.4, -0.2) is 38.4 Å². The van der Waals surface area contributed by atoms with Crippen molar-refractivity contribution < 1.29 is 8.42 Å². The Morgan fingerprint density at radius 3 is 2.68 bits per heavy atom. The summed E-state index contributed by atoms with van der Waals surface area (Å²) >= 11 is 0. The fraction of sp³-hybridized carbons (Fsp3) is 0.533. The molecule has 1 aliphatic rings. The lowest BCUT2D eigenvalue weighted by Gasteiger charge is -2.28. The number of nitriles is 1. The standard InChI is InChI=1S/C15H21N3O2S.ClH/c1-3-8-18(14-6-7-17-11-14)21(19,20)15-5-4-13(10-16)9-12(15)2;/h4-5,9,14,17H,3,6-8,11H2,1-2H3;1H. The molecule has 1 N–H and O–H groups in total. The van der Waals surface area contributed by atoms with E-state index in [9.17, 15) is 8.42 Å². The Hall–Kier alpha value is -1.13. The summed E-state index contributed by atoms with van der Waals surface area (Å²) in [6.45, 7) is 5.80. The third-order valence-corrected chi connectivity index (χ3v) is 5.89. The second kappa shape index (κ2) is 7.93. The monoisotopic (exact) mass is 343 g/mol. The molecule has 1 atom stereocenters. The van der Waals surface area contributed by atoms with Gasteiger partial charge >= 0.3 is 0 Å². The highest BCUT2D eigenvalue weighted by Gasteiger charge is 2.33. The molecular formula is C15H22ClN3O2S. The molecule has 0 saturated carbocycles. The molecule has 22 heavy (non-hydrogen) atoms. The molecule has 1 unspecified atom stereocenters. The van der Waals surface area contributed by atoms with Crippen molar-refractivity contribution in [1.82, 2.24) is 9.62 Å². The minimum Gasteiger partial charge on any atom is -0.315 e. The number of rotatable bonds is 5. The van der Waals surface area contributed by atoms with E-state index in [1.54, 1.807) is 29.4 Å². The Morgan fingerprint density at radius 2 is 2.18 bits per heavy atom. The van der Waals surface area contributed by atoms with E-state index in [0.717, 1.165) is 19.4 Å². The Balaban J connectivity index is 0.00000242. The number of hydrogen-bond donors (Lipinski definition) is 1. The van der Waals surface area contributed by atoms with Crippen LogP contribution in [0.1, 0.15) is 30.9 Å². The number of halogens is 1. The third kappa shape index (κ3) is 3.79. The van der Waals surface area contributed by atoms with Crippen LogP contribution in [-0.2, 0) is 10.0 Å². The average molecular weight is 344 g/mol. The summed E-state index contributed by atoms with van der Waals surface area (Å²) in [6, 6.07) is 6.80. The molecule has 122 valence electrons. The normalized spacial score (nSPS) is 18.0. The van der Waals surface area contributed by atoms with Gasteiger partial charge < -0.3 is 5.32 Å². The van der Waals surface area contributed by atoms with Crippen LogP contribution in [0, 0.1) is 18.3 Å². The fourth-order valence-electron chi connectivity index (χ4n) is 2.74. The first-order valence-electron chi connectivity index (χ1n) is 7.24. The summed E-state index contributed by atoms with van der Waals surface area (Å²) in [6.07, 6.45) is 1.62. The van der Waals surface area contributed by atoms with Gasteiger partial charge in [-0.05, 0) is 50.1 Å². The van der Waals surface area contributed by atoms with Crippen molar-refractivity contribution in [2.45, 2.75) is 37.6 Å². The summed E-state index contributed by atoms with van der Waals surface area (Å²) in [5, 5.41) is 12.1. The van der Waals surface area contributed by atoms with Crippen LogP contribution in [0.2, 0.25) is 0 Å². The van der Waals surface area contributed by atoms with Crippen molar-refractivity contribution in [2.75, 3.05) is 19.6 Å². The molecular weight excluding hydrogens is 322 g/mol. The van der Waals surface area contributed by atoms with Crippen LogP contribution in [0.4, 0.5) is 0 Å². The van der Waals surface area contributed by atoms with E-state index >= 15 is 0 Å². The number of nitrogens with one attached hydrogen (secondary N) is 1. The maximum Gasteiger partial charge on any atom is 0.243 e. The Bertz CT molecular complexity index is 649. The molecule has 0 bridgehead atoms. The van der Waals surface area contributed by atoms with Gasteiger partial charge in [0.25, 0.3) is 0 Å². The van der Waals surface area contributed by atoms with Gasteiger partial charge in [0.2, 0.25) is 10.0 Å². The maximum absolute atomic E-state index is 12.9. The first kappa shape index (κ1) is 18.9. The molecule has 1 fully saturated rings. The molecule has 0 aromatic heterocycles. The van der Waals surface area contributed by atoms with Crippen LogP contribution in [0.25, 0.3) is 0 Å². The quantitative estimate of drug-likeness (QED) is 0.888. The topological polar surface area (TPSA) is 73.2 Å². The van der Waals surface area contributed by atoms with Crippen molar-refractivity contribution in [3.8, 4) is 6.07 Å². The summed E-state index contributed by atoms with van der Waals surface area (Å²) in [5.74, 6) is 0. The maximum atomic E-state index is 12.9. The molecule has 0 radical (unpaired) electrons. The molecule has 1 heterocycles. The predicted octanol–water partition coefficient (Wildman–Crippen LogP) is 2.05. The fourth-order valence-corrected chi connectivity index (χ4v) is 4.69. The highest BCUT2D eigenvalue weighted by Crippen LogP contribution is 2.24. The lowest BCUT2D eigenvalue weighted by Crippen LogP contribution is -2.42. The third-order valence-electron chi connectivity index (χ3n) is 3.78. The molecule has 1 aromatic carbocycles. The molecule has 7 heteroatoms. The van der Waals surface area contributed by atoms with E-state index in [1.807, 2.05) is 13.0 Å². The lowest BCUT2D eigenvalue weighted by atomic mass is 10.2. The zero-order chi connectivity index (χ0) is 15.5. The van der Waals surface area contributed by atoms with Gasteiger partial charge in [-0.15, -0.1) is 12.4 Å². The van der Waals surface area contributed by atoms with E-state index in [4.69, 9.17) is 5.26 Å². The van der Waals surface area contributed by atoms with Crippen molar-refractivity contribution in [2.24, 2.45) is 0 Å². The van der Waals surface area contributed by atoms with Crippen molar-refractivity contribution in [3.63, 3.8) is 0 Å². The van der Waals surface area contributed by atoms with Gasteiger partial charge in [-0.2, -0.15) is 9.57 Å². The zero-order valence-electron chi connectivity index (χ0n) is 12.9.